The molecule has 1 aliphatic carbocycles. The maximum absolute atomic E-state index is 6.06. The summed E-state index contributed by atoms with van der Waals surface area (Å²) in [5, 5.41) is 4.58. The Bertz CT molecular complexity index is 360. The summed E-state index contributed by atoms with van der Waals surface area (Å²) in [6, 6.07) is 1.72. The second kappa shape index (κ2) is 4.18. The van der Waals surface area contributed by atoms with E-state index in [9.17, 15) is 0 Å². The van der Waals surface area contributed by atoms with Crippen molar-refractivity contribution in [1.29, 1.82) is 0 Å². The van der Waals surface area contributed by atoms with Gasteiger partial charge in [0.1, 0.15) is 5.82 Å². The van der Waals surface area contributed by atoms with Crippen molar-refractivity contribution in [2.75, 3.05) is 5.32 Å². The maximum Gasteiger partial charge on any atom is 0.145 e. The van der Waals surface area contributed by atoms with E-state index in [2.05, 4.69) is 17.2 Å². The van der Waals surface area contributed by atoms with E-state index in [-0.39, 0.29) is 5.54 Å². The number of aromatic nitrogens is 1. The number of anilines is 1. The Morgan fingerprint density at radius 3 is 2.60 bits per heavy atom. The molecule has 1 aromatic heterocycles. The monoisotopic (exact) mass is 244 g/mol. The molecule has 0 radical (unpaired) electrons. The van der Waals surface area contributed by atoms with Gasteiger partial charge in [-0.25, -0.2) is 4.98 Å². The van der Waals surface area contributed by atoms with E-state index in [1.54, 1.807) is 12.3 Å². The predicted octanol–water partition coefficient (Wildman–Crippen LogP) is 4.13. The summed E-state index contributed by atoms with van der Waals surface area (Å²) in [7, 11) is 0. The van der Waals surface area contributed by atoms with E-state index < -0.39 is 0 Å². The lowest BCUT2D eigenvalue weighted by atomic mass is 10.0. The first kappa shape index (κ1) is 11.0. The summed E-state index contributed by atoms with van der Waals surface area (Å²) in [5.74, 6) is 0.741. The molecule has 82 valence electrons. The average molecular weight is 245 g/mol. The zero-order chi connectivity index (χ0) is 10.9. The molecule has 1 fully saturated rings. The highest BCUT2D eigenvalue weighted by atomic mass is 35.5. The Kier molecular flexibility index (Phi) is 3.08. The molecule has 0 saturated heterocycles. The molecule has 0 bridgehead atoms. The molecule has 1 aromatic rings. The Morgan fingerprint density at radius 1 is 1.33 bits per heavy atom. The number of hydrogen-bond donors (Lipinski definition) is 1. The second-order valence-corrected chi connectivity index (χ2v) is 5.22. The summed E-state index contributed by atoms with van der Waals surface area (Å²) in [5.41, 5.74) is 0.143. The number of pyridine rings is 1. The number of nitrogens with zero attached hydrogens (tertiary/aromatic N) is 1. The van der Waals surface area contributed by atoms with Crippen molar-refractivity contribution >= 4 is 29.0 Å². The lowest BCUT2D eigenvalue weighted by molar-refractivity contribution is 0.531. The first-order valence-electron chi connectivity index (χ1n) is 5.18. The molecule has 2 rings (SSSR count). The fourth-order valence-corrected chi connectivity index (χ4v) is 2.50. The van der Waals surface area contributed by atoms with Crippen LogP contribution in [0.4, 0.5) is 5.82 Å². The molecule has 0 spiro atoms. The lowest BCUT2D eigenvalue weighted by Gasteiger charge is -2.26. The molecule has 1 aliphatic rings. The molecule has 4 heteroatoms. The van der Waals surface area contributed by atoms with Crippen LogP contribution in [0.5, 0.6) is 0 Å². The number of rotatable bonds is 2. The third-order valence-corrected chi connectivity index (χ3v) is 3.43. The van der Waals surface area contributed by atoms with Crippen molar-refractivity contribution in [3.63, 3.8) is 0 Å². The van der Waals surface area contributed by atoms with Crippen molar-refractivity contribution < 1.29 is 0 Å². The maximum atomic E-state index is 6.06. The van der Waals surface area contributed by atoms with E-state index in [1.165, 1.54) is 25.7 Å². The normalized spacial score (nSPS) is 19.1. The van der Waals surface area contributed by atoms with Crippen LogP contribution in [0.1, 0.15) is 32.6 Å². The fraction of sp³-hybridized carbons (Fsp3) is 0.545. The summed E-state index contributed by atoms with van der Waals surface area (Å²) in [4.78, 5) is 4.21. The van der Waals surface area contributed by atoms with Gasteiger partial charge in [-0.15, -0.1) is 0 Å². The van der Waals surface area contributed by atoms with Gasteiger partial charge in [-0.2, -0.15) is 0 Å². The Morgan fingerprint density at radius 2 is 2.00 bits per heavy atom. The van der Waals surface area contributed by atoms with E-state index in [1.807, 2.05) is 0 Å². The molecule has 0 unspecified atom stereocenters. The SMILES string of the molecule is CC1(Nc2ncc(Cl)cc2Cl)CCCC1. The van der Waals surface area contributed by atoms with Gasteiger partial charge in [-0.05, 0) is 25.8 Å². The van der Waals surface area contributed by atoms with Crippen molar-refractivity contribution in [1.82, 2.24) is 4.98 Å². The molecule has 2 nitrogen and oxygen atoms in total. The van der Waals surface area contributed by atoms with Crippen molar-refractivity contribution in [2.24, 2.45) is 0 Å². The van der Waals surface area contributed by atoms with Crippen LogP contribution >= 0.6 is 23.2 Å². The van der Waals surface area contributed by atoms with Crippen LogP contribution in [0.25, 0.3) is 0 Å². The first-order chi connectivity index (χ1) is 7.09. The Hall–Kier alpha value is -0.470. The minimum absolute atomic E-state index is 0.143. The molecule has 1 heterocycles. The van der Waals surface area contributed by atoms with Crippen LogP contribution in [0.3, 0.4) is 0 Å². The van der Waals surface area contributed by atoms with Gasteiger partial charge in [0.25, 0.3) is 0 Å². The third kappa shape index (κ3) is 2.56. The minimum Gasteiger partial charge on any atom is -0.364 e. The number of halogens is 2. The Labute approximate surface area is 100.0 Å². The highest BCUT2D eigenvalue weighted by Gasteiger charge is 2.29. The van der Waals surface area contributed by atoms with Crippen LogP contribution in [0.15, 0.2) is 12.3 Å². The fourth-order valence-electron chi connectivity index (χ4n) is 2.07. The highest BCUT2D eigenvalue weighted by Crippen LogP contribution is 2.34. The molecule has 0 aliphatic heterocycles. The molecule has 1 saturated carbocycles. The molecule has 0 amide bonds. The van der Waals surface area contributed by atoms with Crippen LogP contribution < -0.4 is 5.32 Å². The topological polar surface area (TPSA) is 24.9 Å². The summed E-state index contributed by atoms with van der Waals surface area (Å²) < 4.78 is 0. The number of nitrogens with one attached hydrogen (secondary N) is 1. The van der Waals surface area contributed by atoms with Gasteiger partial charge in [-0.1, -0.05) is 36.0 Å². The van der Waals surface area contributed by atoms with Crippen molar-refractivity contribution in [3.05, 3.63) is 22.3 Å². The standard InChI is InChI=1S/C11H14Cl2N2/c1-11(4-2-3-5-11)15-10-9(13)6-8(12)7-14-10/h6-7H,2-5H2,1H3,(H,14,15). The largest absolute Gasteiger partial charge is 0.364 e. The van der Waals surface area contributed by atoms with E-state index in [4.69, 9.17) is 23.2 Å². The molecular weight excluding hydrogens is 231 g/mol. The smallest absolute Gasteiger partial charge is 0.145 e. The van der Waals surface area contributed by atoms with Gasteiger partial charge in [0.2, 0.25) is 0 Å². The molecule has 0 atom stereocenters. The van der Waals surface area contributed by atoms with Crippen LogP contribution in [-0.2, 0) is 0 Å². The Balaban J connectivity index is 2.16. The first-order valence-corrected chi connectivity index (χ1v) is 5.94. The summed E-state index contributed by atoms with van der Waals surface area (Å²) >= 11 is 11.9. The zero-order valence-corrected chi connectivity index (χ0v) is 10.2. The average Bonchev–Trinajstić information content (AvgIpc) is 2.58. The zero-order valence-electron chi connectivity index (χ0n) is 8.69. The van der Waals surface area contributed by atoms with Gasteiger partial charge in [-0.3, -0.25) is 0 Å². The van der Waals surface area contributed by atoms with Gasteiger partial charge in [0.05, 0.1) is 10.0 Å². The molecule has 1 N–H and O–H groups in total. The van der Waals surface area contributed by atoms with Crippen LogP contribution in [0, 0.1) is 0 Å². The van der Waals surface area contributed by atoms with Gasteiger partial charge in [0.15, 0.2) is 0 Å². The quantitative estimate of drug-likeness (QED) is 0.847. The van der Waals surface area contributed by atoms with E-state index >= 15 is 0 Å². The minimum atomic E-state index is 0.143. The summed E-state index contributed by atoms with van der Waals surface area (Å²) in [6.07, 6.45) is 6.51. The van der Waals surface area contributed by atoms with Gasteiger partial charge in [0, 0.05) is 11.7 Å². The van der Waals surface area contributed by atoms with E-state index in [0.29, 0.717) is 10.0 Å². The van der Waals surface area contributed by atoms with Crippen molar-refractivity contribution in [2.45, 2.75) is 38.1 Å². The predicted molar refractivity (Wildman–Crippen MR) is 64.8 cm³/mol. The van der Waals surface area contributed by atoms with Gasteiger partial charge < -0.3 is 5.32 Å². The molecule has 0 aromatic carbocycles. The molecule has 15 heavy (non-hydrogen) atoms. The van der Waals surface area contributed by atoms with Crippen LogP contribution in [0.2, 0.25) is 10.0 Å². The van der Waals surface area contributed by atoms with Gasteiger partial charge >= 0.3 is 0 Å². The van der Waals surface area contributed by atoms with Crippen molar-refractivity contribution in [3.8, 4) is 0 Å². The second-order valence-electron chi connectivity index (χ2n) is 4.38. The highest BCUT2D eigenvalue weighted by molar-refractivity contribution is 6.35. The third-order valence-electron chi connectivity index (χ3n) is 2.94. The van der Waals surface area contributed by atoms with E-state index in [0.717, 1.165) is 5.82 Å². The van der Waals surface area contributed by atoms with Crippen LogP contribution in [-0.4, -0.2) is 10.5 Å². The lowest BCUT2D eigenvalue weighted by Crippen LogP contribution is -2.31. The summed E-state index contributed by atoms with van der Waals surface area (Å²) in [6.45, 7) is 2.21. The molecular formula is C11H14Cl2N2. The number of hydrogen-bond acceptors (Lipinski definition) is 2.